The summed E-state index contributed by atoms with van der Waals surface area (Å²) in [6, 6.07) is 13.9. The van der Waals surface area contributed by atoms with Gasteiger partial charge in [-0.15, -0.1) is 0 Å². The molecule has 1 saturated heterocycles. The average Bonchev–Trinajstić information content (AvgIpc) is 3.26. The highest BCUT2D eigenvalue weighted by molar-refractivity contribution is 8.18. The summed E-state index contributed by atoms with van der Waals surface area (Å²) in [6.07, 6.45) is 3.18. The summed E-state index contributed by atoms with van der Waals surface area (Å²) in [6.45, 7) is -0.657. The van der Waals surface area contributed by atoms with Gasteiger partial charge in [0.25, 0.3) is 11.1 Å². The van der Waals surface area contributed by atoms with Crippen molar-refractivity contribution in [2.75, 3.05) is 19.0 Å². The highest BCUT2D eigenvalue weighted by Gasteiger charge is 2.36. The molecule has 0 spiro atoms. The molecule has 0 aliphatic carbocycles. The van der Waals surface area contributed by atoms with Crippen LogP contribution in [0.4, 0.5) is 10.5 Å². The summed E-state index contributed by atoms with van der Waals surface area (Å²) >= 11 is 0.738. The number of nitrogens with one attached hydrogen (secondary N) is 1. The molecule has 1 aliphatic rings. The van der Waals surface area contributed by atoms with E-state index in [1.165, 1.54) is 7.11 Å². The van der Waals surface area contributed by atoms with Gasteiger partial charge in [-0.1, -0.05) is 18.2 Å². The molecule has 0 atom stereocenters. The predicted octanol–water partition coefficient (Wildman–Crippen LogP) is 3.41. The third-order valence-corrected chi connectivity index (χ3v) is 5.87. The standard InChI is InChI=1S/C23H19N3O6S/c1-32-16-8-6-15(7-9-16)24-20(27)12-26-22(30)19(33-23(26)31)10-14-11-25(13-21(28)29)18-5-3-2-4-17(14)18/h2-11H,12-13H2,1H3,(H,24,27)(H,28,29)/b19-10+. The Balaban J connectivity index is 1.52. The smallest absolute Gasteiger partial charge is 0.323 e. The van der Waals surface area contributed by atoms with E-state index in [9.17, 15) is 19.2 Å². The molecule has 0 unspecified atom stereocenters. The molecule has 1 fully saturated rings. The van der Waals surface area contributed by atoms with E-state index in [1.807, 2.05) is 6.07 Å². The molecule has 2 heterocycles. The van der Waals surface area contributed by atoms with Crippen LogP contribution in [0.1, 0.15) is 5.56 Å². The Morgan fingerprint density at radius 3 is 2.52 bits per heavy atom. The minimum absolute atomic E-state index is 0.162. The number of methoxy groups -OCH3 is 1. The molecule has 1 aliphatic heterocycles. The molecule has 1 aromatic heterocycles. The molecule has 4 rings (SSSR count). The van der Waals surface area contributed by atoms with E-state index in [4.69, 9.17) is 9.84 Å². The highest BCUT2D eigenvalue weighted by Crippen LogP contribution is 2.34. The first-order valence-electron chi connectivity index (χ1n) is 9.84. The number of anilines is 1. The second-order valence-electron chi connectivity index (χ2n) is 7.17. The number of para-hydroxylation sites is 1. The minimum Gasteiger partial charge on any atom is -0.497 e. The van der Waals surface area contributed by atoms with E-state index in [1.54, 1.807) is 59.3 Å². The van der Waals surface area contributed by atoms with Gasteiger partial charge in [-0.25, -0.2) is 0 Å². The molecule has 0 bridgehead atoms. The maximum Gasteiger partial charge on any atom is 0.323 e. The lowest BCUT2D eigenvalue weighted by Gasteiger charge is -2.12. The van der Waals surface area contributed by atoms with Crippen LogP contribution in [-0.4, -0.2) is 51.3 Å². The number of nitrogens with zero attached hydrogens (tertiary/aromatic N) is 2. The molecule has 3 amide bonds. The van der Waals surface area contributed by atoms with E-state index >= 15 is 0 Å². The summed E-state index contributed by atoms with van der Waals surface area (Å²) in [5, 5.41) is 12.0. The Morgan fingerprint density at radius 1 is 1.09 bits per heavy atom. The second kappa shape index (κ2) is 9.21. The van der Waals surface area contributed by atoms with Gasteiger partial charge in [0.1, 0.15) is 18.8 Å². The van der Waals surface area contributed by atoms with Gasteiger partial charge in [-0.3, -0.25) is 24.1 Å². The largest absolute Gasteiger partial charge is 0.497 e. The van der Waals surface area contributed by atoms with Crippen molar-refractivity contribution in [1.29, 1.82) is 0 Å². The normalized spacial score (nSPS) is 14.8. The number of amides is 3. The van der Waals surface area contributed by atoms with Gasteiger partial charge < -0.3 is 19.7 Å². The Morgan fingerprint density at radius 2 is 1.82 bits per heavy atom. The van der Waals surface area contributed by atoms with Crippen LogP contribution >= 0.6 is 11.8 Å². The first-order valence-corrected chi connectivity index (χ1v) is 10.7. The van der Waals surface area contributed by atoms with E-state index in [2.05, 4.69) is 5.32 Å². The lowest BCUT2D eigenvalue weighted by Crippen LogP contribution is -2.36. The average molecular weight is 465 g/mol. The Kier molecular flexibility index (Phi) is 6.18. The number of rotatable bonds is 7. The number of carboxylic acid groups (broad SMARTS) is 1. The first-order chi connectivity index (χ1) is 15.9. The number of ether oxygens (including phenoxy) is 1. The Hall–Kier alpha value is -4.05. The van der Waals surface area contributed by atoms with Crippen LogP contribution in [0.2, 0.25) is 0 Å². The van der Waals surface area contributed by atoms with Gasteiger partial charge in [0.15, 0.2) is 0 Å². The van der Waals surface area contributed by atoms with Gasteiger partial charge in [0.2, 0.25) is 5.91 Å². The molecule has 0 radical (unpaired) electrons. The molecular weight excluding hydrogens is 446 g/mol. The van der Waals surface area contributed by atoms with Crippen LogP contribution in [0.5, 0.6) is 5.75 Å². The molecule has 2 N–H and O–H groups in total. The number of benzene rings is 2. The molecule has 168 valence electrons. The zero-order valence-corrected chi connectivity index (χ0v) is 18.3. The van der Waals surface area contributed by atoms with Gasteiger partial charge in [0, 0.05) is 28.4 Å². The number of carbonyl (C=O) groups excluding carboxylic acids is 3. The number of fused-ring (bicyclic) bond motifs is 1. The summed E-state index contributed by atoms with van der Waals surface area (Å²) in [4.78, 5) is 49.9. The number of imide groups is 1. The van der Waals surface area contributed by atoms with Crippen molar-refractivity contribution < 1.29 is 29.0 Å². The number of carbonyl (C=O) groups is 4. The van der Waals surface area contributed by atoms with Crippen molar-refractivity contribution in [3.63, 3.8) is 0 Å². The third kappa shape index (κ3) is 4.75. The van der Waals surface area contributed by atoms with Crippen LogP contribution in [0.25, 0.3) is 17.0 Å². The van der Waals surface area contributed by atoms with Crippen molar-refractivity contribution in [1.82, 2.24) is 9.47 Å². The SMILES string of the molecule is COc1ccc(NC(=O)CN2C(=O)S/C(=C/c3cn(CC(=O)O)c4ccccc34)C2=O)cc1. The zero-order valence-electron chi connectivity index (χ0n) is 17.5. The molecule has 2 aromatic carbocycles. The van der Waals surface area contributed by atoms with Crippen molar-refractivity contribution in [3.05, 3.63) is 65.2 Å². The number of aromatic nitrogens is 1. The van der Waals surface area contributed by atoms with Crippen LogP contribution in [0.3, 0.4) is 0 Å². The van der Waals surface area contributed by atoms with Crippen molar-refractivity contribution in [3.8, 4) is 5.75 Å². The van der Waals surface area contributed by atoms with Crippen LogP contribution in [0.15, 0.2) is 59.6 Å². The molecule has 9 nitrogen and oxygen atoms in total. The van der Waals surface area contributed by atoms with Gasteiger partial charge in [-0.2, -0.15) is 0 Å². The van der Waals surface area contributed by atoms with Crippen molar-refractivity contribution in [2.45, 2.75) is 6.54 Å². The zero-order chi connectivity index (χ0) is 23.5. The number of hydrogen-bond donors (Lipinski definition) is 2. The van der Waals surface area contributed by atoms with Crippen molar-refractivity contribution in [2.24, 2.45) is 0 Å². The maximum atomic E-state index is 12.8. The van der Waals surface area contributed by atoms with E-state index < -0.39 is 29.6 Å². The minimum atomic E-state index is -0.995. The summed E-state index contributed by atoms with van der Waals surface area (Å²) in [5.74, 6) is -1.45. The maximum absolute atomic E-state index is 12.8. The quantitative estimate of drug-likeness (QED) is 0.514. The van der Waals surface area contributed by atoms with Gasteiger partial charge >= 0.3 is 5.97 Å². The van der Waals surface area contributed by atoms with Gasteiger partial charge in [0.05, 0.1) is 12.0 Å². The highest BCUT2D eigenvalue weighted by atomic mass is 32.2. The topological polar surface area (TPSA) is 118 Å². The van der Waals surface area contributed by atoms with E-state index in [-0.39, 0.29) is 11.4 Å². The number of aliphatic carboxylic acids is 1. The summed E-state index contributed by atoms with van der Waals surface area (Å²) in [5.41, 5.74) is 1.82. The predicted molar refractivity (Wildman–Crippen MR) is 124 cm³/mol. The van der Waals surface area contributed by atoms with Gasteiger partial charge in [-0.05, 0) is 48.2 Å². The van der Waals surface area contributed by atoms with E-state index in [0.717, 1.165) is 22.0 Å². The number of carboxylic acids is 1. The summed E-state index contributed by atoms with van der Waals surface area (Å²) < 4.78 is 6.63. The van der Waals surface area contributed by atoms with Crippen LogP contribution in [0, 0.1) is 0 Å². The Bertz CT molecular complexity index is 1300. The molecule has 3 aromatic rings. The number of hydrogen-bond acceptors (Lipinski definition) is 6. The fraction of sp³-hybridized carbons (Fsp3) is 0.130. The molecule has 33 heavy (non-hydrogen) atoms. The molecular formula is C23H19N3O6S. The Labute approximate surface area is 192 Å². The monoisotopic (exact) mass is 465 g/mol. The molecule has 10 heteroatoms. The lowest BCUT2D eigenvalue weighted by molar-refractivity contribution is -0.137. The number of thioether (sulfide) groups is 1. The summed E-state index contributed by atoms with van der Waals surface area (Å²) in [7, 11) is 1.53. The first kappa shape index (κ1) is 22.2. The third-order valence-electron chi connectivity index (χ3n) is 4.96. The van der Waals surface area contributed by atoms with Crippen molar-refractivity contribution >= 4 is 57.5 Å². The van der Waals surface area contributed by atoms with Crippen LogP contribution < -0.4 is 10.1 Å². The fourth-order valence-corrected chi connectivity index (χ4v) is 4.29. The van der Waals surface area contributed by atoms with Crippen LogP contribution in [-0.2, 0) is 20.9 Å². The lowest BCUT2D eigenvalue weighted by atomic mass is 10.1. The molecule has 0 saturated carbocycles. The van der Waals surface area contributed by atoms with E-state index in [0.29, 0.717) is 22.5 Å². The fourth-order valence-electron chi connectivity index (χ4n) is 3.46. The second-order valence-corrected chi connectivity index (χ2v) is 8.16.